The predicted octanol–water partition coefficient (Wildman–Crippen LogP) is 4.38. The Kier molecular flexibility index (Phi) is 6.27. The fourth-order valence-corrected chi connectivity index (χ4v) is 4.00. The molecule has 2 heterocycles. The summed E-state index contributed by atoms with van der Waals surface area (Å²) >= 11 is 6.57. The van der Waals surface area contributed by atoms with Crippen LogP contribution in [0.5, 0.6) is 0 Å². The Hall–Kier alpha value is -3.59. The van der Waals surface area contributed by atoms with Gasteiger partial charge in [0.05, 0.1) is 18.2 Å². The number of benzene rings is 2. The van der Waals surface area contributed by atoms with Crippen LogP contribution in [0.15, 0.2) is 52.3 Å². The van der Waals surface area contributed by atoms with Crippen molar-refractivity contribution in [2.75, 3.05) is 30.0 Å². The Labute approximate surface area is 189 Å². The maximum absolute atomic E-state index is 12.4. The van der Waals surface area contributed by atoms with Gasteiger partial charge in [0.25, 0.3) is 0 Å². The molecule has 0 saturated carbocycles. The molecule has 0 aromatic heterocycles. The molecule has 1 amide bonds. The number of halogens is 1. The first-order valence-electron chi connectivity index (χ1n) is 10.1. The number of hydrogen-bond donors (Lipinski definition) is 2. The molecule has 166 valence electrons. The van der Waals surface area contributed by atoms with Gasteiger partial charge >= 0.3 is 12.1 Å². The van der Waals surface area contributed by atoms with Crippen molar-refractivity contribution in [1.82, 2.24) is 0 Å². The molecule has 2 aromatic rings. The number of cyclic esters (lactones) is 1. The number of esters is 1. The van der Waals surface area contributed by atoms with E-state index in [9.17, 15) is 9.59 Å². The highest BCUT2D eigenvalue weighted by molar-refractivity contribution is 6.33. The Morgan fingerprint density at radius 3 is 2.88 bits per heavy atom. The third-order valence-corrected chi connectivity index (χ3v) is 5.51. The van der Waals surface area contributed by atoms with Gasteiger partial charge in [-0.15, -0.1) is 5.11 Å². The van der Waals surface area contributed by atoms with Crippen molar-refractivity contribution in [2.24, 2.45) is 16.2 Å². The first-order valence-corrected chi connectivity index (χ1v) is 10.5. The highest BCUT2D eigenvalue weighted by Crippen LogP contribution is 2.36. The molecule has 2 aliphatic heterocycles. The summed E-state index contributed by atoms with van der Waals surface area (Å²) in [7, 11) is 0. The summed E-state index contributed by atoms with van der Waals surface area (Å²) in [6.07, 6.45) is 1.18. The van der Waals surface area contributed by atoms with Gasteiger partial charge in [-0.3, -0.25) is 4.90 Å². The Morgan fingerprint density at radius 2 is 2.19 bits per heavy atom. The molecule has 1 unspecified atom stereocenters. The summed E-state index contributed by atoms with van der Waals surface area (Å²) in [5.74, 6) is 4.82. The maximum Gasteiger partial charge on any atom is 0.414 e. The second kappa shape index (κ2) is 9.27. The summed E-state index contributed by atoms with van der Waals surface area (Å²) < 4.78 is 10.2. The van der Waals surface area contributed by atoms with Crippen molar-refractivity contribution < 1.29 is 19.1 Å². The van der Waals surface area contributed by atoms with Crippen molar-refractivity contribution in [3.05, 3.63) is 52.6 Å². The molecule has 3 N–H and O–H groups in total. The average Bonchev–Trinajstić information content (AvgIpc) is 3.11. The highest BCUT2D eigenvalue weighted by atomic mass is 35.5. The first kappa shape index (κ1) is 21.6. The van der Waals surface area contributed by atoms with Crippen molar-refractivity contribution in [2.45, 2.75) is 19.5 Å². The van der Waals surface area contributed by atoms with E-state index in [2.05, 4.69) is 15.7 Å². The van der Waals surface area contributed by atoms with E-state index < -0.39 is 12.1 Å². The number of nitrogens with two attached hydrogens (primary N) is 1. The van der Waals surface area contributed by atoms with E-state index in [1.807, 2.05) is 30.3 Å². The minimum Gasteiger partial charge on any atom is -0.463 e. The zero-order valence-electron chi connectivity index (χ0n) is 17.4. The lowest BCUT2D eigenvalue weighted by atomic mass is 10.00. The molecular formula is C22H22ClN5O4. The van der Waals surface area contributed by atoms with Crippen LogP contribution in [0.2, 0.25) is 5.02 Å². The van der Waals surface area contributed by atoms with E-state index in [-0.39, 0.29) is 19.1 Å². The molecule has 10 heteroatoms. The van der Waals surface area contributed by atoms with Crippen molar-refractivity contribution >= 4 is 41.1 Å². The van der Waals surface area contributed by atoms with E-state index in [0.29, 0.717) is 29.4 Å². The van der Waals surface area contributed by atoms with Crippen LogP contribution in [0.25, 0.3) is 17.2 Å². The third-order valence-electron chi connectivity index (χ3n) is 5.20. The van der Waals surface area contributed by atoms with Crippen LogP contribution in [0.3, 0.4) is 0 Å². The molecule has 0 aliphatic carbocycles. The zero-order chi connectivity index (χ0) is 22.7. The number of nitrogens with zero attached hydrogens (tertiary/aromatic N) is 3. The van der Waals surface area contributed by atoms with Gasteiger partial charge in [-0.05, 0) is 48.4 Å². The molecule has 0 bridgehead atoms. The van der Waals surface area contributed by atoms with Crippen molar-refractivity contribution in [1.29, 1.82) is 0 Å². The van der Waals surface area contributed by atoms with Gasteiger partial charge < -0.3 is 20.6 Å². The molecule has 9 nitrogen and oxygen atoms in total. The standard InChI is InChI=1S/C22H22ClN5O4/c1-2-31-21(29)15-10-14-9-13(3-6-19(14)25-20(11-15)26-27-24)17-5-4-16(12-18(17)23)28-7-8-32-22(28)30/h3-6,9-10,12,20,25H,2,7-8,11H2,1H3,(H2,24,26). The van der Waals surface area contributed by atoms with Gasteiger partial charge in [-0.1, -0.05) is 29.0 Å². The molecule has 0 radical (unpaired) electrons. The number of amides is 1. The lowest BCUT2D eigenvalue weighted by Gasteiger charge is -2.16. The number of nitrogens with one attached hydrogen (secondary N) is 1. The number of anilines is 2. The third kappa shape index (κ3) is 4.38. The number of carbonyl (C=O) groups is 2. The fraction of sp³-hybridized carbons (Fsp3) is 0.273. The van der Waals surface area contributed by atoms with Gasteiger partial charge in [-0.2, -0.15) is 0 Å². The first-order chi connectivity index (χ1) is 15.5. The molecule has 1 saturated heterocycles. The molecule has 2 aliphatic rings. The van der Waals surface area contributed by atoms with Crippen LogP contribution in [0.4, 0.5) is 16.2 Å². The minimum absolute atomic E-state index is 0.270. The maximum atomic E-state index is 12.4. The molecule has 32 heavy (non-hydrogen) atoms. The second-order valence-electron chi connectivity index (χ2n) is 7.22. The number of carbonyl (C=O) groups excluding carboxylic acids is 2. The minimum atomic E-state index is -0.495. The molecule has 1 fully saturated rings. The second-order valence-corrected chi connectivity index (χ2v) is 7.62. The summed E-state index contributed by atoms with van der Waals surface area (Å²) in [5, 5.41) is 11.1. The van der Waals surface area contributed by atoms with Gasteiger partial charge in [0, 0.05) is 28.9 Å². The number of fused-ring (bicyclic) bond motifs is 1. The van der Waals surface area contributed by atoms with E-state index in [0.717, 1.165) is 22.4 Å². The summed E-state index contributed by atoms with van der Waals surface area (Å²) in [6, 6.07) is 11.2. The highest BCUT2D eigenvalue weighted by Gasteiger charge is 2.25. The lowest BCUT2D eigenvalue weighted by molar-refractivity contribution is -0.138. The van der Waals surface area contributed by atoms with Crippen molar-refractivity contribution in [3.63, 3.8) is 0 Å². The SMILES string of the molecule is CCOC(=O)C1=Cc2cc(-c3ccc(N4CCOC4=O)cc3Cl)ccc2NC(N=NN)C1. The van der Waals surface area contributed by atoms with Crippen LogP contribution in [-0.4, -0.2) is 38.0 Å². The predicted molar refractivity (Wildman–Crippen MR) is 121 cm³/mol. The van der Waals surface area contributed by atoms with E-state index in [4.69, 9.17) is 26.9 Å². The molecule has 1 atom stereocenters. The Morgan fingerprint density at radius 1 is 1.34 bits per heavy atom. The fourth-order valence-electron chi connectivity index (χ4n) is 3.72. The van der Waals surface area contributed by atoms with Gasteiger partial charge in [-0.25, -0.2) is 9.59 Å². The smallest absolute Gasteiger partial charge is 0.414 e. The quantitative estimate of drug-likeness (QED) is 0.299. The Bertz CT molecular complexity index is 1120. The van der Waals surface area contributed by atoms with Crippen LogP contribution < -0.4 is 16.1 Å². The largest absolute Gasteiger partial charge is 0.463 e. The molecular weight excluding hydrogens is 434 g/mol. The van der Waals surface area contributed by atoms with Crippen LogP contribution in [-0.2, 0) is 14.3 Å². The van der Waals surface area contributed by atoms with Gasteiger partial charge in [0.1, 0.15) is 12.8 Å². The Balaban J connectivity index is 1.70. The van der Waals surface area contributed by atoms with Gasteiger partial charge in [0.15, 0.2) is 0 Å². The van der Waals surface area contributed by atoms with Gasteiger partial charge in [0.2, 0.25) is 0 Å². The van der Waals surface area contributed by atoms with E-state index >= 15 is 0 Å². The topological polar surface area (TPSA) is 119 Å². The van der Waals surface area contributed by atoms with Crippen LogP contribution in [0, 0.1) is 0 Å². The monoisotopic (exact) mass is 455 g/mol. The van der Waals surface area contributed by atoms with Crippen LogP contribution in [0.1, 0.15) is 18.9 Å². The number of rotatable bonds is 5. The normalized spacial score (nSPS) is 17.9. The summed E-state index contributed by atoms with van der Waals surface area (Å²) in [4.78, 5) is 25.8. The molecule has 4 rings (SSSR count). The van der Waals surface area contributed by atoms with E-state index in [1.165, 1.54) is 4.90 Å². The van der Waals surface area contributed by atoms with E-state index in [1.54, 1.807) is 19.1 Å². The average molecular weight is 456 g/mol. The number of hydrogen-bond acceptors (Lipinski definition) is 7. The van der Waals surface area contributed by atoms with Crippen LogP contribution >= 0.6 is 11.6 Å². The number of ether oxygens (including phenoxy) is 2. The molecule has 0 spiro atoms. The lowest BCUT2D eigenvalue weighted by Crippen LogP contribution is -2.23. The van der Waals surface area contributed by atoms with Crippen molar-refractivity contribution in [3.8, 4) is 11.1 Å². The summed E-state index contributed by atoms with van der Waals surface area (Å²) in [5.41, 5.74) is 4.34. The zero-order valence-corrected chi connectivity index (χ0v) is 18.1. The molecule has 2 aromatic carbocycles. The summed E-state index contributed by atoms with van der Waals surface area (Å²) in [6.45, 7) is 2.87.